The number of aliphatic hydroxyl groups is 1. The van der Waals surface area contributed by atoms with Crippen LogP contribution in [0, 0.1) is 11.3 Å². The first-order valence-electron chi connectivity index (χ1n) is 9.37. The molecule has 0 saturated carbocycles. The summed E-state index contributed by atoms with van der Waals surface area (Å²) in [6.45, 7) is 5.29. The van der Waals surface area contributed by atoms with Gasteiger partial charge < -0.3 is 19.8 Å². The van der Waals surface area contributed by atoms with E-state index in [1.807, 2.05) is 4.90 Å². The van der Waals surface area contributed by atoms with Gasteiger partial charge in [0.15, 0.2) is 0 Å². The molecule has 2 atom stereocenters. The number of aliphatic hydroxyl groups excluding tert-OH is 1. The summed E-state index contributed by atoms with van der Waals surface area (Å²) in [6, 6.07) is 6.53. The lowest BCUT2D eigenvalue weighted by Gasteiger charge is -2.48. The smallest absolute Gasteiger partial charge is 0.303 e. The number of halogens is 1. The average molecular weight is 424 g/mol. The van der Waals surface area contributed by atoms with E-state index in [2.05, 4.69) is 6.07 Å². The number of carbonyl (C=O) groups excluding carboxylic acids is 1. The number of hydrogen-bond donors (Lipinski definition) is 2. The highest BCUT2D eigenvalue weighted by molar-refractivity contribution is 5.85. The summed E-state index contributed by atoms with van der Waals surface area (Å²) in [4.78, 5) is 27.1. The van der Waals surface area contributed by atoms with Crippen LogP contribution in [-0.2, 0) is 9.59 Å². The molecule has 1 saturated heterocycles. The van der Waals surface area contributed by atoms with Crippen molar-refractivity contribution in [3.05, 3.63) is 29.3 Å². The Bertz CT molecular complexity index is 823. The maximum absolute atomic E-state index is 12.9. The second-order valence-corrected chi connectivity index (χ2v) is 7.82. The fourth-order valence-corrected chi connectivity index (χ4v) is 3.85. The first kappa shape index (κ1) is 22.9. The van der Waals surface area contributed by atoms with Crippen LogP contribution in [0.4, 0.5) is 0 Å². The number of aliphatic carboxylic acids is 1. The quantitative estimate of drug-likeness (QED) is 0.738. The molecule has 9 heteroatoms. The van der Waals surface area contributed by atoms with Gasteiger partial charge in [-0.1, -0.05) is 0 Å². The molecule has 8 nitrogen and oxygen atoms in total. The van der Waals surface area contributed by atoms with E-state index in [0.29, 0.717) is 42.9 Å². The molecule has 0 radical (unpaired) electrons. The van der Waals surface area contributed by atoms with E-state index in [-0.39, 0.29) is 31.3 Å². The molecule has 1 aromatic rings. The van der Waals surface area contributed by atoms with E-state index >= 15 is 0 Å². The Morgan fingerprint density at radius 2 is 2.10 bits per heavy atom. The second kappa shape index (κ2) is 8.99. The summed E-state index contributed by atoms with van der Waals surface area (Å²) < 4.78 is 5.92. The molecule has 0 aliphatic carbocycles. The average Bonchev–Trinajstić information content (AvgIpc) is 2.63. The lowest BCUT2D eigenvalue weighted by atomic mass is 9.84. The Hall–Kier alpha value is -2.34. The van der Waals surface area contributed by atoms with E-state index < -0.39 is 23.7 Å². The predicted octanol–water partition coefficient (Wildman–Crippen LogP) is 1.56. The molecule has 0 aromatic heterocycles. The maximum atomic E-state index is 12.9. The fourth-order valence-electron chi connectivity index (χ4n) is 3.85. The van der Waals surface area contributed by atoms with Gasteiger partial charge in [-0.25, -0.2) is 0 Å². The van der Waals surface area contributed by atoms with Crippen LogP contribution in [0.3, 0.4) is 0 Å². The predicted molar refractivity (Wildman–Crippen MR) is 107 cm³/mol. The molecule has 1 fully saturated rings. The molecule has 1 amide bonds. The third kappa shape index (κ3) is 4.81. The number of piperazine rings is 1. The van der Waals surface area contributed by atoms with Gasteiger partial charge in [0.05, 0.1) is 24.2 Å². The van der Waals surface area contributed by atoms with Gasteiger partial charge in [0.1, 0.15) is 17.5 Å². The van der Waals surface area contributed by atoms with Crippen molar-refractivity contribution in [2.75, 3.05) is 26.2 Å². The van der Waals surface area contributed by atoms with Crippen LogP contribution in [-0.4, -0.2) is 69.8 Å². The molecule has 1 aromatic carbocycles. The van der Waals surface area contributed by atoms with Crippen LogP contribution in [0.2, 0.25) is 0 Å². The Morgan fingerprint density at radius 1 is 1.38 bits per heavy atom. The fraction of sp³-hybridized carbons (Fsp3) is 0.550. The van der Waals surface area contributed by atoms with Gasteiger partial charge in [0, 0.05) is 25.1 Å². The number of nitrogens with zero attached hydrogens (tertiary/aromatic N) is 3. The van der Waals surface area contributed by atoms with Gasteiger partial charge in [-0.2, -0.15) is 5.26 Å². The monoisotopic (exact) mass is 423 g/mol. The van der Waals surface area contributed by atoms with Crippen molar-refractivity contribution in [1.82, 2.24) is 9.80 Å². The van der Waals surface area contributed by atoms with Crippen molar-refractivity contribution >= 4 is 24.3 Å². The molecule has 158 valence electrons. The Kier molecular flexibility index (Phi) is 7.11. The molecule has 2 aliphatic rings. The standard InChI is InChI=1S/C20H25N3O5.ClH/c1-20(2)19(27)18(14-10-13(11-21)5-6-15(14)28-20)23-9-8-22(12-16(23)24)7-3-4-17(25)26;/h5-6,10,18-19,27H,3-4,7-9,12H2,1-2H3,(H,25,26);1H/t18-,19+;/m1./s1. The minimum Gasteiger partial charge on any atom is -0.485 e. The van der Waals surface area contributed by atoms with Gasteiger partial charge in [-0.15, -0.1) is 12.4 Å². The molecule has 2 aliphatic heterocycles. The zero-order valence-corrected chi connectivity index (χ0v) is 17.3. The first-order chi connectivity index (χ1) is 13.2. The second-order valence-electron chi connectivity index (χ2n) is 7.82. The third-order valence-corrected chi connectivity index (χ3v) is 5.38. The molecule has 2 N–H and O–H groups in total. The highest BCUT2D eigenvalue weighted by Crippen LogP contribution is 2.43. The molecular weight excluding hydrogens is 398 g/mol. The minimum atomic E-state index is -0.948. The van der Waals surface area contributed by atoms with Crippen molar-refractivity contribution in [3.8, 4) is 11.8 Å². The molecule has 29 heavy (non-hydrogen) atoms. The summed E-state index contributed by atoms with van der Waals surface area (Å²) in [6.07, 6.45) is -0.383. The number of rotatable bonds is 5. The van der Waals surface area contributed by atoms with Crippen molar-refractivity contribution in [2.45, 2.75) is 44.4 Å². The Balaban J connectivity index is 0.00000300. The van der Waals surface area contributed by atoms with Crippen LogP contribution >= 0.6 is 12.4 Å². The van der Waals surface area contributed by atoms with Gasteiger partial charge >= 0.3 is 5.97 Å². The lowest BCUT2D eigenvalue weighted by molar-refractivity contribution is -0.150. The SMILES string of the molecule is CC1(C)Oc2ccc(C#N)cc2[C@@H](N2CCN(CCCC(=O)O)CC2=O)[C@@H]1O.Cl. The molecule has 2 heterocycles. The highest BCUT2D eigenvalue weighted by Gasteiger charge is 2.47. The lowest BCUT2D eigenvalue weighted by Crippen LogP contribution is -2.59. The maximum Gasteiger partial charge on any atom is 0.303 e. The van der Waals surface area contributed by atoms with Gasteiger partial charge in [-0.05, 0) is 45.0 Å². The van der Waals surface area contributed by atoms with E-state index in [1.54, 1.807) is 36.9 Å². The summed E-state index contributed by atoms with van der Waals surface area (Å²) in [7, 11) is 0. The number of amides is 1. The highest BCUT2D eigenvalue weighted by atomic mass is 35.5. The normalized spacial score (nSPS) is 23.4. The number of carbonyl (C=O) groups is 2. The van der Waals surface area contributed by atoms with Crippen LogP contribution in [0.1, 0.15) is 43.9 Å². The van der Waals surface area contributed by atoms with Crippen LogP contribution in [0.25, 0.3) is 0 Å². The van der Waals surface area contributed by atoms with Crippen LogP contribution in [0.5, 0.6) is 5.75 Å². The zero-order valence-electron chi connectivity index (χ0n) is 16.5. The summed E-state index contributed by atoms with van der Waals surface area (Å²) in [5, 5.41) is 29.0. The number of fused-ring (bicyclic) bond motifs is 1. The van der Waals surface area contributed by atoms with Crippen molar-refractivity contribution in [3.63, 3.8) is 0 Å². The number of benzene rings is 1. The van der Waals surface area contributed by atoms with Gasteiger partial charge in [0.2, 0.25) is 5.91 Å². The molecule has 3 rings (SSSR count). The largest absolute Gasteiger partial charge is 0.485 e. The minimum absolute atomic E-state index is 0. The third-order valence-electron chi connectivity index (χ3n) is 5.38. The van der Waals surface area contributed by atoms with Crippen LogP contribution < -0.4 is 4.74 Å². The van der Waals surface area contributed by atoms with E-state index in [9.17, 15) is 20.0 Å². The number of carboxylic acids is 1. The molecule has 0 spiro atoms. The van der Waals surface area contributed by atoms with E-state index in [1.165, 1.54) is 0 Å². The first-order valence-corrected chi connectivity index (χ1v) is 9.37. The Labute approximate surface area is 176 Å². The van der Waals surface area contributed by atoms with Crippen LogP contribution in [0.15, 0.2) is 18.2 Å². The van der Waals surface area contributed by atoms with Crippen molar-refractivity contribution in [1.29, 1.82) is 5.26 Å². The number of ether oxygens (including phenoxy) is 1. The number of carboxylic acid groups (broad SMARTS) is 1. The van der Waals surface area contributed by atoms with Gasteiger partial charge in [-0.3, -0.25) is 14.5 Å². The van der Waals surface area contributed by atoms with Crippen molar-refractivity contribution in [2.24, 2.45) is 0 Å². The van der Waals surface area contributed by atoms with E-state index in [4.69, 9.17) is 9.84 Å². The number of nitriles is 1. The molecule has 0 bridgehead atoms. The molecule has 0 unspecified atom stereocenters. The zero-order chi connectivity index (χ0) is 20.5. The number of hydrogen-bond acceptors (Lipinski definition) is 6. The van der Waals surface area contributed by atoms with E-state index in [0.717, 1.165) is 0 Å². The summed E-state index contributed by atoms with van der Waals surface area (Å²) >= 11 is 0. The van der Waals surface area contributed by atoms with Crippen molar-refractivity contribution < 1.29 is 24.5 Å². The summed E-state index contributed by atoms with van der Waals surface area (Å²) in [5.41, 5.74) is 0.197. The topological polar surface area (TPSA) is 114 Å². The summed E-state index contributed by atoms with van der Waals surface area (Å²) in [5.74, 6) is -0.407. The van der Waals surface area contributed by atoms with Gasteiger partial charge in [0.25, 0.3) is 0 Å². The molecular formula is C20H26ClN3O5. The Morgan fingerprint density at radius 3 is 2.72 bits per heavy atom.